The Morgan fingerprint density at radius 2 is 1.83 bits per heavy atom. The van der Waals surface area contributed by atoms with E-state index in [1.807, 2.05) is 24.3 Å². The summed E-state index contributed by atoms with van der Waals surface area (Å²) in [4.78, 5) is 4.49. The molecule has 118 valence electrons. The molecular formula is C18H18N2O2S. The van der Waals surface area contributed by atoms with E-state index in [1.54, 1.807) is 36.5 Å². The Labute approximate surface area is 136 Å². The summed E-state index contributed by atoms with van der Waals surface area (Å²) in [5.74, 6) is 0. The molecule has 0 saturated heterocycles. The highest BCUT2D eigenvalue weighted by Gasteiger charge is 2.14. The number of fused-ring (bicyclic) bond motifs is 1. The molecule has 0 bridgehead atoms. The first-order valence-electron chi connectivity index (χ1n) is 7.55. The molecular weight excluding hydrogens is 308 g/mol. The van der Waals surface area contributed by atoms with Crippen molar-refractivity contribution in [3.63, 3.8) is 0 Å². The molecule has 0 spiro atoms. The molecule has 1 aromatic heterocycles. The van der Waals surface area contributed by atoms with E-state index >= 15 is 0 Å². The van der Waals surface area contributed by atoms with Crippen molar-refractivity contribution in [2.75, 3.05) is 4.72 Å². The van der Waals surface area contributed by atoms with Crippen LogP contribution >= 0.6 is 0 Å². The van der Waals surface area contributed by atoms with Crippen molar-refractivity contribution >= 4 is 26.6 Å². The summed E-state index contributed by atoms with van der Waals surface area (Å²) in [5, 5.41) is 0.894. The molecule has 1 N–H and O–H groups in total. The highest BCUT2D eigenvalue weighted by atomic mass is 32.2. The maximum absolute atomic E-state index is 12.5. The third-order valence-electron chi connectivity index (χ3n) is 3.63. The molecule has 0 radical (unpaired) electrons. The Bertz CT molecular complexity index is 919. The Balaban J connectivity index is 1.86. The number of nitrogens with one attached hydrogen (secondary N) is 1. The predicted octanol–water partition coefficient (Wildman–Crippen LogP) is 3.99. The number of pyridine rings is 1. The van der Waals surface area contributed by atoms with Crippen LogP contribution in [0.3, 0.4) is 0 Å². The van der Waals surface area contributed by atoms with Crippen LogP contribution < -0.4 is 4.72 Å². The maximum Gasteiger partial charge on any atom is 0.261 e. The fourth-order valence-electron chi connectivity index (χ4n) is 2.48. The van der Waals surface area contributed by atoms with Gasteiger partial charge < -0.3 is 0 Å². The van der Waals surface area contributed by atoms with Gasteiger partial charge in [-0.15, -0.1) is 0 Å². The zero-order valence-corrected chi connectivity index (χ0v) is 13.7. The Kier molecular flexibility index (Phi) is 4.30. The summed E-state index contributed by atoms with van der Waals surface area (Å²) in [6, 6.07) is 16.1. The molecule has 3 rings (SSSR count). The third-order valence-corrected chi connectivity index (χ3v) is 5.02. The van der Waals surface area contributed by atoms with Gasteiger partial charge >= 0.3 is 0 Å². The molecule has 0 aliphatic heterocycles. The summed E-state index contributed by atoms with van der Waals surface area (Å²) >= 11 is 0. The van der Waals surface area contributed by atoms with Gasteiger partial charge in [-0.05, 0) is 48.4 Å². The van der Waals surface area contributed by atoms with Crippen molar-refractivity contribution in [2.24, 2.45) is 0 Å². The average molecular weight is 326 g/mol. The lowest BCUT2D eigenvalue weighted by Crippen LogP contribution is -2.12. The number of aryl methyl sites for hydroxylation is 1. The van der Waals surface area contributed by atoms with E-state index in [1.165, 1.54) is 0 Å². The lowest BCUT2D eigenvalue weighted by Gasteiger charge is -2.09. The number of hydrogen-bond acceptors (Lipinski definition) is 3. The Morgan fingerprint density at radius 1 is 1.04 bits per heavy atom. The van der Waals surface area contributed by atoms with Crippen LogP contribution in [-0.4, -0.2) is 13.4 Å². The van der Waals surface area contributed by atoms with Gasteiger partial charge in [0.2, 0.25) is 0 Å². The molecule has 0 saturated carbocycles. The van der Waals surface area contributed by atoms with E-state index in [9.17, 15) is 8.42 Å². The molecule has 0 amide bonds. The number of rotatable bonds is 5. The van der Waals surface area contributed by atoms with Gasteiger partial charge in [-0.2, -0.15) is 0 Å². The minimum atomic E-state index is -3.58. The van der Waals surface area contributed by atoms with Crippen LogP contribution in [0.1, 0.15) is 18.9 Å². The van der Waals surface area contributed by atoms with Crippen molar-refractivity contribution in [1.82, 2.24) is 4.98 Å². The fraction of sp³-hybridized carbons (Fsp3) is 0.167. The monoisotopic (exact) mass is 326 g/mol. The standard InChI is InChI=1S/C18H18N2O2S/c1-2-4-14-6-9-17(10-7-14)23(21,22)20-16-8-11-18-15(13-16)5-3-12-19-18/h3,5-13,20H,2,4H2,1H3. The van der Waals surface area contributed by atoms with E-state index in [-0.39, 0.29) is 4.90 Å². The molecule has 0 fully saturated rings. The quantitative estimate of drug-likeness (QED) is 0.771. The number of benzene rings is 2. The van der Waals surface area contributed by atoms with E-state index in [0.717, 1.165) is 29.3 Å². The van der Waals surface area contributed by atoms with E-state index in [4.69, 9.17) is 0 Å². The summed E-state index contributed by atoms with van der Waals surface area (Å²) in [6.45, 7) is 2.10. The Morgan fingerprint density at radius 3 is 2.57 bits per heavy atom. The molecule has 0 aliphatic rings. The minimum absolute atomic E-state index is 0.267. The van der Waals surface area contributed by atoms with E-state index < -0.39 is 10.0 Å². The first-order valence-corrected chi connectivity index (χ1v) is 9.03. The normalized spacial score (nSPS) is 11.5. The highest BCUT2D eigenvalue weighted by Crippen LogP contribution is 2.21. The van der Waals surface area contributed by atoms with E-state index in [2.05, 4.69) is 16.6 Å². The van der Waals surface area contributed by atoms with Crippen molar-refractivity contribution in [1.29, 1.82) is 0 Å². The van der Waals surface area contributed by atoms with Crippen LogP contribution in [0.4, 0.5) is 5.69 Å². The maximum atomic E-state index is 12.5. The van der Waals surface area contributed by atoms with Crippen LogP contribution in [0, 0.1) is 0 Å². The van der Waals surface area contributed by atoms with Crippen molar-refractivity contribution in [2.45, 2.75) is 24.7 Å². The van der Waals surface area contributed by atoms with Gasteiger partial charge in [0.05, 0.1) is 10.4 Å². The number of nitrogens with zero attached hydrogens (tertiary/aromatic N) is 1. The molecule has 4 nitrogen and oxygen atoms in total. The molecule has 2 aromatic carbocycles. The van der Waals surface area contributed by atoms with E-state index in [0.29, 0.717) is 5.69 Å². The fourth-order valence-corrected chi connectivity index (χ4v) is 3.53. The van der Waals surface area contributed by atoms with Gasteiger partial charge in [-0.3, -0.25) is 9.71 Å². The SMILES string of the molecule is CCCc1ccc(S(=O)(=O)Nc2ccc3ncccc3c2)cc1. The van der Waals surface area contributed by atoms with Crippen molar-refractivity contribution < 1.29 is 8.42 Å². The van der Waals surface area contributed by atoms with Crippen LogP contribution in [0.25, 0.3) is 10.9 Å². The van der Waals surface area contributed by atoms with Gasteiger partial charge in [0.1, 0.15) is 0 Å². The summed E-state index contributed by atoms with van der Waals surface area (Å²) in [5.41, 5.74) is 2.51. The molecule has 5 heteroatoms. The van der Waals surface area contributed by atoms with Crippen molar-refractivity contribution in [3.05, 3.63) is 66.4 Å². The second-order valence-corrected chi connectivity index (χ2v) is 7.09. The molecule has 1 heterocycles. The minimum Gasteiger partial charge on any atom is -0.280 e. The second kappa shape index (κ2) is 6.38. The van der Waals surface area contributed by atoms with Gasteiger partial charge in [-0.1, -0.05) is 31.5 Å². The zero-order valence-electron chi connectivity index (χ0n) is 12.9. The van der Waals surface area contributed by atoms with Crippen LogP contribution in [0.15, 0.2) is 65.7 Å². The molecule has 0 aliphatic carbocycles. The van der Waals surface area contributed by atoms with Gasteiger partial charge in [0.15, 0.2) is 0 Å². The number of sulfonamides is 1. The summed E-state index contributed by atoms with van der Waals surface area (Å²) in [6.07, 6.45) is 3.70. The topological polar surface area (TPSA) is 59.1 Å². The van der Waals surface area contributed by atoms with Gasteiger partial charge in [0, 0.05) is 17.3 Å². The molecule has 3 aromatic rings. The number of anilines is 1. The molecule has 0 unspecified atom stereocenters. The van der Waals surface area contributed by atoms with Crippen LogP contribution in [-0.2, 0) is 16.4 Å². The van der Waals surface area contributed by atoms with Crippen LogP contribution in [0.5, 0.6) is 0 Å². The third kappa shape index (κ3) is 3.51. The number of aromatic nitrogens is 1. The zero-order chi connectivity index (χ0) is 16.3. The Hall–Kier alpha value is -2.40. The first-order chi connectivity index (χ1) is 11.1. The van der Waals surface area contributed by atoms with Gasteiger partial charge in [-0.25, -0.2) is 8.42 Å². The lowest BCUT2D eigenvalue weighted by molar-refractivity contribution is 0.601. The lowest BCUT2D eigenvalue weighted by atomic mass is 10.1. The van der Waals surface area contributed by atoms with Crippen molar-refractivity contribution in [3.8, 4) is 0 Å². The van der Waals surface area contributed by atoms with Gasteiger partial charge in [0.25, 0.3) is 10.0 Å². The highest BCUT2D eigenvalue weighted by molar-refractivity contribution is 7.92. The summed E-state index contributed by atoms with van der Waals surface area (Å²) in [7, 11) is -3.58. The molecule has 23 heavy (non-hydrogen) atoms. The van der Waals surface area contributed by atoms with Crippen LogP contribution in [0.2, 0.25) is 0 Å². The average Bonchev–Trinajstić information content (AvgIpc) is 2.55. The first kappa shape index (κ1) is 15.5. The smallest absolute Gasteiger partial charge is 0.261 e. The second-order valence-electron chi connectivity index (χ2n) is 5.41. The summed E-state index contributed by atoms with van der Waals surface area (Å²) < 4.78 is 27.6. The molecule has 0 atom stereocenters. The number of hydrogen-bond donors (Lipinski definition) is 1. The predicted molar refractivity (Wildman–Crippen MR) is 93.0 cm³/mol. The largest absolute Gasteiger partial charge is 0.280 e.